The molecule has 0 bridgehead atoms. The van der Waals surface area contributed by atoms with Gasteiger partial charge in [0.2, 0.25) is 0 Å². The van der Waals surface area contributed by atoms with Gasteiger partial charge >= 0.3 is 25.8 Å². The van der Waals surface area contributed by atoms with Crippen LogP contribution in [0.4, 0.5) is 0 Å². The van der Waals surface area contributed by atoms with Crippen molar-refractivity contribution in [2.75, 3.05) is 0 Å². The van der Waals surface area contributed by atoms with Crippen molar-refractivity contribution in [1.82, 2.24) is 0 Å². The second kappa shape index (κ2) is 14.5. The summed E-state index contributed by atoms with van der Waals surface area (Å²) in [6.45, 7) is 13.1. The average molecular weight is 520 g/mol. The molecule has 0 aliphatic carbocycles. The summed E-state index contributed by atoms with van der Waals surface area (Å²) in [6.07, 6.45) is 4.97. The van der Waals surface area contributed by atoms with Gasteiger partial charge in [0, 0.05) is 0 Å². The van der Waals surface area contributed by atoms with E-state index < -0.39 is 0 Å². The minimum atomic E-state index is 0. The summed E-state index contributed by atoms with van der Waals surface area (Å²) in [5, 5.41) is 0. The Labute approximate surface area is 174 Å². The molecule has 2 aromatic rings. The minimum absolute atomic E-state index is 0. The summed E-state index contributed by atoms with van der Waals surface area (Å²) < 4.78 is 0. The van der Waals surface area contributed by atoms with E-state index in [1.807, 2.05) is 0 Å². The van der Waals surface area contributed by atoms with Crippen molar-refractivity contribution < 1.29 is 50.7 Å². The van der Waals surface area contributed by atoms with E-state index in [1.54, 1.807) is 0 Å². The monoisotopic (exact) mass is 520 g/mol. The third-order valence-corrected chi connectivity index (χ3v) is 3.93. The first-order valence-electron chi connectivity index (χ1n) is 7.93. The van der Waals surface area contributed by atoms with E-state index in [-0.39, 0.29) is 50.7 Å². The van der Waals surface area contributed by atoms with Gasteiger partial charge < -0.3 is 24.8 Å². The third kappa shape index (κ3) is 9.89. The molecule has 0 spiro atoms. The van der Waals surface area contributed by atoms with E-state index in [0.29, 0.717) is 0 Å². The zero-order valence-electron chi connectivity index (χ0n) is 15.4. The van der Waals surface area contributed by atoms with Crippen molar-refractivity contribution in [3.8, 4) is 0 Å². The molecule has 0 saturated carbocycles. The van der Waals surface area contributed by atoms with E-state index in [9.17, 15) is 0 Å². The van der Waals surface area contributed by atoms with Crippen LogP contribution in [0, 0.1) is 27.7 Å². The van der Waals surface area contributed by atoms with Crippen LogP contribution < -0.4 is 24.8 Å². The van der Waals surface area contributed by atoms with Crippen molar-refractivity contribution in [2.24, 2.45) is 0 Å². The molecule has 0 fully saturated rings. The van der Waals surface area contributed by atoms with Gasteiger partial charge in [0.25, 0.3) is 0 Å². The number of hydrogen-bond acceptors (Lipinski definition) is 0. The van der Waals surface area contributed by atoms with Crippen molar-refractivity contribution in [2.45, 2.75) is 67.2 Å². The first-order chi connectivity index (χ1) is 9.47. The van der Waals surface area contributed by atoms with E-state index >= 15 is 0 Å². The molecule has 0 unspecified atom stereocenters. The van der Waals surface area contributed by atoms with Gasteiger partial charge in [-0.05, 0) is 0 Å². The van der Waals surface area contributed by atoms with Crippen LogP contribution in [0.5, 0.6) is 0 Å². The maximum atomic E-state index is 2.29. The van der Waals surface area contributed by atoms with Gasteiger partial charge in [-0.3, -0.25) is 0 Å². The maximum Gasteiger partial charge on any atom is 4.00 e. The molecule has 3 heteroatoms. The van der Waals surface area contributed by atoms with Crippen molar-refractivity contribution in [3.05, 3.63) is 57.6 Å². The molecular formula is C20H30Cl2Hf. The molecule has 0 aliphatic heterocycles. The van der Waals surface area contributed by atoms with Gasteiger partial charge in [0.15, 0.2) is 0 Å². The summed E-state index contributed by atoms with van der Waals surface area (Å²) in [6, 6.07) is 9.16. The molecule has 0 amide bonds. The Morgan fingerprint density at radius 2 is 1.04 bits per heavy atom. The maximum absolute atomic E-state index is 2.29. The normalized spacial score (nSPS) is 8.96. The second-order valence-corrected chi connectivity index (χ2v) is 5.96. The Morgan fingerprint density at radius 3 is 1.22 bits per heavy atom. The van der Waals surface area contributed by atoms with Crippen molar-refractivity contribution >= 4 is 0 Å². The van der Waals surface area contributed by atoms with Crippen LogP contribution >= 0.6 is 0 Å². The molecular weight excluding hydrogens is 490 g/mol. The second-order valence-electron chi connectivity index (χ2n) is 5.96. The van der Waals surface area contributed by atoms with E-state index in [0.717, 1.165) is 0 Å². The van der Waals surface area contributed by atoms with Crippen LogP contribution in [-0.2, 0) is 38.7 Å². The van der Waals surface area contributed by atoms with E-state index in [1.165, 1.54) is 59.1 Å². The van der Waals surface area contributed by atoms with Gasteiger partial charge in [-0.2, -0.15) is 45.5 Å². The van der Waals surface area contributed by atoms with Crippen LogP contribution in [0.1, 0.15) is 60.1 Å². The Bertz CT molecular complexity index is 436. The first kappa shape index (κ1) is 28.0. The fourth-order valence-corrected chi connectivity index (χ4v) is 2.52. The predicted molar refractivity (Wildman–Crippen MR) is 91.0 cm³/mol. The molecule has 0 atom stereocenters. The Balaban J connectivity index is -0.000000308. The van der Waals surface area contributed by atoms with Crippen LogP contribution in [0.3, 0.4) is 0 Å². The molecule has 2 aromatic carbocycles. The molecule has 0 aliphatic rings. The predicted octanol–water partition coefficient (Wildman–Crippen LogP) is -0.0448. The molecule has 0 saturated heterocycles. The molecule has 0 N–H and O–H groups in total. The van der Waals surface area contributed by atoms with Crippen LogP contribution in [0.2, 0.25) is 0 Å². The van der Waals surface area contributed by atoms with Crippen molar-refractivity contribution in [3.63, 3.8) is 0 Å². The third-order valence-electron chi connectivity index (χ3n) is 3.93. The van der Waals surface area contributed by atoms with Gasteiger partial charge in [-0.1, -0.05) is 67.2 Å². The van der Waals surface area contributed by atoms with Crippen LogP contribution in [-0.4, -0.2) is 0 Å². The molecule has 0 heterocycles. The smallest absolute Gasteiger partial charge is 1.00 e. The Kier molecular flexibility index (Phi) is 17.6. The van der Waals surface area contributed by atoms with Gasteiger partial charge in [0.1, 0.15) is 0 Å². The van der Waals surface area contributed by atoms with Crippen LogP contribution in [0.25, 0.3) is 0 Å². The van der Waals surface area contributed by atoms with E-state index in [2.05, 4.69) is 65.8 Å². The number of halogens is 2. The van der Waals surface area contributed by atoms with Gasteiger partial charge in [0.05, 0.1) is 0 Å². The fraction of sp³-hybridized carbons (Fsp3) is 0.500. The number of hydrogen-bond donors (Lipinski definition) is 0. The topological polar surface area (TPSA) is 0 Å². The quantitative estimate of drug-likeness (QED) is 0.393. The Hall–Kier alpha value is 0.150. The zero-order chi connectivity index (χ0) is 15.1. The first-order valence-corrected chi connectivity index (χ1v) is 7.93. The molecule has 0 aromatic heterocycles. The zero-order valence-corrected chi connectivity index (χ0v) is 20.5. The minimum Gasteiger partial charge on any atom is -1.00 e. The summed E-state index contributed by atoms with van der Waals surface area (Å²) >= 11 is 0. The molecule has 128 valence electrons. The number of aryl methyl sites for hydroxylation is 6. The molecule has 23 heavy (non-hydrogen) atoms. The Morgan fingerprint density at radius 1 is 0.739 bits per heavy atom. The van der Waals surface area contributed by atoms with Crippen LogP contribution in [0.15, 0.2) is 24.3 Å². The molecule has 0 nitrogen and oxygen atoms in total. The van der Waals surface area contributed by atoms with Gasteiger partial charge in [-0.25, -0.2) is 12.1 Å². The standard InChI is InChI=1S/2C10H15.2ClH.Hf/c2*1-4-5-10-6-8(2)9(3)7-10;;;/h2*6-7H,4-5H2,1-3H3;2*1H;/q2*-1;;;+4/p-2. The SMILES string of the molecule is CCCc1cc(C)[c-](C)c1.CCCc1cc(C)[c-](C)c1.[Cl-].[Cl-].[Hf+4]. The van der Waals surface area contributed by atoms with Crippen molar-refractivity contribution in [1.29, 1.82) is 0 Å². The summed E-state index contributed by atoms with van der Waals surface area (Å²) in [5.41, 5.74) is 8.73. The van der Waals surface area contributed by atoms with E-state index in [4.69, 9.17) is 0 Å². The average Bonchev–Trinajstić information content (AvgIpc) is 2.85. The summed E-state index contributed by atoms with van der Waals surface area (Å²) in [7, 11) is 0. The van der Waals surface area contributed by atoms with Gasteiger partial charge in [-0.15, -0.1) is 0 Å². The largest absolute Gasteiger partial charge is 4.00 e. The summed E-state index contributed by atoms with van der Waals surface area (Å²) in [4.78, 5) is 0. The molecule has 0 radical (unpaired) electrons. The summed E-state index contributed by atoms with van der Waals surface area (Å²) in [5.74, 6) is 0. The number of rotatable bonds is 4. The fourth-order valence-electron chi connectivity index (χ4n) is 2.52. The molecule has 2 rings (SSSR count).